The van der Waals surface area contributed by atoms with Crippen LogP contribution in [0.15, 0.2) is 16.5 Å². The minimum Gasteiger partial charge on any atom is -0.443 e. The molecule has 0 fully saturated rings. The van der Waals surface area contributed by atoms with Gasteiger partial charge in [0.2, 0.25) is 0 Å². The van der Waals surface area contributed by atoms with Gasteiger partial charge in [0.25, 0.3) is 5.91 Å². The van der Waals surface area contributed by atoms with Crippen LogP contribution >= 0.6 is 15.9 Å². The summed E-state index contributed by atoms with van der Waals surface area (Å²) in [4.78, 5) is 13.9. The SMILES string of the molecule is CCN(CC)C(=O)c1ccc(C#CCCCCOCCCCCCBr)o1. The molecule has 4 nitrogen and oxygen atoms in total. The summed E-state index contributed by atoms with van der Waals surface area (Å²) < 4.78 is 11.2. The number of rotatable bonds is 13. The molecular formula is C21H32BrNO3. The number of amides is 1. The van der Waals surface area contributed by atoms with Gasteiger partial charge in [0.15, 0.2) is 11.5 Å². The predicted molar refractivity (Wildman–Crippen MR) is 110 cm³/mol. The Labute approximate surface area is 166 Å². The molecule has 0 aliphatic rings. The second kappa shape index (κ2) is 14.9. The maximum Gasteiger partial charge on any atom is 0.289 e. The van der Waals surface area contributed by atoms with Crippen LogP contribution in [0.25, 0.3) is 0 Å². The summed E-state index contributed by atoms with van der Waals surface area (Å²) in [5.41, 5.74) is 0. The summed E-state index contributed by atoms with van der Waals surface area (Å²) in [6, 6.07) is 3.47. The Balaban J connectivity index is 2.14. The van der Waals surface area contributed by atoms with E-state index in [1.54, 1.807) is 17.0 Å². The molecule has 0 atom stereocenters. The Bertz CT molecular complexity index is 555. The van der Waals surface area contributed by atoms with Gasteiger partial charge >= 0.3 is 0 Å². The normalized spacial score (nSPS) is 10.4. The van der Waals surface area contributed by atoms with E-state index < -0.39 is 0 Å². The van der Waals surface area contributed by atoms with Gasteiger partial charge in [-0.2, -0.15) is 0 Å². The highest BCUT2D eigenvalue weighted by atomic mass is 79.9. The lowest BCUT2D eigenvalue weighted by Gasteiger charge is -2.16. The number of halogens is 1. The summed E-state index contributed by atoms with van der Waals surface area (Å²) in [5.74, 6) is 6.94. The zero-order valence-electron chi connectivity index (χ0n) is 16.2. The van der Waals surface area contributed by atoms with Crippen LogP contribution in [-0.4, -0.2) is 42.4 Å². The molecule has 0 N–H and O–H groups in total. The van der Waals surface area contributed by atoms with Crippen LogP contribution in [0.2, 0.25) is 0 Å². The lowest BCUT2D eigenvalue weighted by Crippen LogP contribution is -2.30. The smallest absolute Gasteiger partial charge is 0.289 e. The van der Waals surface area contributed by atoms with Crippen molar-refractivity contribution >= 4 is 21.8 Å². The maximum atomic E-state index is 12.2. The number of furan rings is 1. The molecule has 1 aromatic rings. The highest BCUT2D eigenvalue weighted by Crippen LogP contribution is 2.10. The van der Waals surface area contributed by atoms with Crippen molar-refractivity contribution in [3.05, 3.63) is 23.7 Å². The summed E-state index contributed by atoms with van der Waals surface area (Å²) in [5, 5.41) is 1.10. The van der Waals surface area contributed by atoms with E-state index in [0.717, 1.165) is 44.2 Å². The molecule has 0 aliphatic carbocycles. The molecule has 1 heterocycles. The maximum absolute atomic E-state index is 12.2. The van der Waals surface area contributed by atoms with Crippen molar-refractivity contribution in [2.75, 3.05) is 31.6 Å². The summed E-state index contributed by atoms with van der Waals surface area (Å²) in [7, 11) is 0. The van der Waals surface area contributed by atoms with Gasteiger partial charge in [-0.15, -0.1) is 0 Å². The first kappa shape index (κ1) is 22.8. The molecule has 1 aromatic heterocycles. The van der Waals surface area contributed by atoms with E-state index in [4.69, 9.17) is 9.15 Å². The van der Waals surface area contributed by atoms with E-state index in [0.29, 0.717) is 24.6 Å². The Morgan fingerprint density at radius 3 is 2.46 bits per heavy atom. The first-order valence-electron chi connectivity index (χ1n) is 9.74. The quantitative estimate of drug-likeness (QED) is 0.246. The highest BCUT2D eigenvalue weighted by Gasteiger charge is 2.15. The van der Waals surface area contributed by atoms with Crippen molar-refractivity contribution in [2.45, 2.75) is 58.8 Å². The molecule has 0 unspecified atom stereocenters. The molecule has 5 heteroatoms. The van der Waals surface area contributed by atoms with Gasteiger partial charge in [-0.25, -0.2) is 0 Å². The van der Waals surface area contributed by atoms with Crippen LogP contribution in [0.3, 0.4) is 0 Å². The van der Waals surface area contributed by atoms with Crippen LogP contribution in [0.1, 0.15) is 75.1 Å². The number of unbranched alkanes of at least 4 members (excludes halogenated alkanes) is 5. The van der Waals surface area contributed by atoms with Crippen LogP contribution in [0.4, 0.5) is 0 Å². The molecule has 146 valence electrons. The molecule has 0 spiro atoms. The fourth-order valence-electron chi connectivity index (χ4n) is 2.51. The predicted octanol–water partition coefficient (Wildman–Crippen LogP) is 5.26. The van der Waals surface area contributed by atoms with Gasteiger partial charge in [0.05, 0.1) is 0 Å². The second-order valence-corrected chi connectivity index (χ2v) is 6.91. The summed E-state index contributed by atoms with van der Waals surface area (Å²) >= 11 is 3.44. The van der Waals surface area contributed by atoms with E-state index in [1.165, 1.54) is 19.3 Å². The molecular weight excluding hydrogens is 394 g/mol. The minimum atomic E-state index is -0.0765. The van der Waals surface area contributed by atoms with Crippen LogP contribution in [-0.2, 0) is 4.74 Å². The van der Waals surface area contributed by atoms with Gasteiger partial charge in [-0.1, -0.05) is 34.7 Å². The van der Waals surface area contributed by atoms with E-state index in [1.807, 2.05) is 13.8 Å². The number of carbonyl (C=O) groups is 1. The lowest BCUT2D eigenvalue weighted by atomic mass is 10.2. The largest absolute Gasteiger partial charge is 0.443 e. The number of alkyl halides is 1. The zero-order valence-corrected chi connectivity index (χ0v) is 17.8. The molecule has 0 aliphatic heterocycles. The van der Waals surface area contributed by atoms with E-state index in [-0.39, 0.29) is 5.91 Å². The number of nitrogens with zero attached hydrogens (tertiary/aromatic N) is 1. The van der Waals surface area contributed by atoms with Crippen LogP contribution in [0.5, 0.6) is 0 Å². The Morgan fingerprint density at radius 1 is 1.08 bits per heavy atom. The third-order valence-corrected chi connectivity index (χ3v) is 4.65. The average Bonchev–Trinajstić information content (AvgIpc) is 3.12. The number of carbonyl (C=O) groups excluding carboxylic acids is 1. The Hall–Kier alpha value is -1.25. The molecule has 1 rings (SSSR count). The first-order valence-corrected chi connectivity index (χ1v) is 10.9. The van der Waals surface area contributed by atoms with Crippen molar-refractivity contribution in [3.63, 3.8) is 0 Å². The number of hydrogen-bond donors (Lipinski definition) is 0. The summed E-state index contributed by atoms with van der Waals surface area (Å²) in [6.07, 6.45) is 7.79. The monoisotopic (exact) mass is 425 g/mol. The van der Waals surface area contributed by atoms with Crippen LogP contribution in [0, 0.1) is 11.8 Å². The van der Waals surface area contributed by atoms with Crippen molar-refractivity contribution < 1.29 is 13.9 Å². The molecule has 0 saturated carbocycles. The average molecular weight is 426 g/mol. The van der Waals surface area contributed by atoms with Gasteiger partial charge < -0.3 is 14.1 Å². The van der Waals surface area contributed by atoms with Crippen molar-refractivity contribution in [1.29, 1.82) is 0 Å². The molecule has 1 amide bonds. The Kier molecular flexibility index (Phi) is 13.0. The van der Waals surface area contributed by atoms with Crippen molar-refractivity contribution in [1.82, 2.24) is 4.90 Å². The topological polar surface area (TPSA) is 42.7 Å². The summed E-state index contributed by atoms with van der Waals surface area (Å²) in [6.45, 7) is 6.94. The fraction of sp³-hybridized carbons (Fsp3) is 0.667. The second-order valence-electron chi connectivity index (χ2n) is 6.12. The third kappa shape index (κ3) is 9.45. The van der Waals surface area contributed by atoms with Gasteiger partial charge in [-0.3, -0.25) is 4.79 Å². The highest BCUT2D eigenvalue weighted by molar-refractivity contribution is 9.09. The van der Waals surface area contributed by atoms with Gasteiger partial charge in [-0.05, 0) is 57.6 Å². The van der Waals surface area contributed by atoms with E-state index in [9.17, 15) is 4.79 Å². The standard InChI is InChI=1S/C21H32BrNO3/c1-3-23(4-2)21(24)20-15-14-19(26-20)13-9-5-7-11-17-25-18-12-8-6-10-16-22/h14-15H,3-8,10-12,16-18H2,1-2H3. The van der Waals surface area contributed by atoms with Gasteiger partial charge in [0.1, 0.15) is 0 Å². The fourth-order valence-corrected chi connectivity index (χ4v) is 2.90. The van der Waals surface area contributed by atoms with E-state index >= 15 is 0 Å². The zero-order chi connectivity index (χ0) is 19.0. The molecule has 26 heavy (non-hydrogen) atoms. The van der Waals surface area contributed by atoms with E-state index in [2.05, 4.69) is 27.8 Å². The first-order chi connectivity index (χ1) is 12.7. The molecule has 0 aromatic carbocycles. The Morgan fingerprint density at radius 2 is 1.77 bits per heavy atom. The lowest BCUT2D eigenvalue weighted by molar-refractivity contribution is 0.0740. The van der Waals surface area contributed by atoms with Crippen molar-refractivity contribution in [2.24, 2.45) is 0 Å². The molecule has 0 bridgehead atoms. The minimum absolute atomic E-state index is 0.0765. The number of ether oxygens (including phenoxy) is 1. The number of hydrogen-bond acceptors (Lipinski definition) is 3. The van der Waals surface area contributed by atoms with Crippen molar-refractivity contribution in [3.8, 4) is 11.8 Å². The third-order valence-electron chi connectivity index (χ3n) is 4.09. The van der Waals surface area contributed by atoms with Gasteiger partial charge in [0, 0.05) is 38.1 Å². The van der Waals surface area contributed by atoms with Crippen LogP contribution < -0.4 is 0 Å². The molecule has 0 radical (unpaired) electrons. The molecule has 0 saturated heterocycles.